The van der Waals surface area contributed by atoms with Crippen LogP contribution in [0.3, 0.4) is 0 Å². The topological polar surface area (TPSA) is 153 Å². The van der Waals surface area contributed by atoms with Gasteiger partial charge in [-0.1, -0.05) is 12.1 Å². The summed E-state index contributed by atoms with van der Waals surface area (Å²) in [5.74, 6) is -2.05. The number of methoxy groups -OCH3 is 2. The molecule has 0 bridgehead atoms. The summed E-state index contributed by atoms with van der Waals surface area (Å²) < 4.78 is 20.8. The fraction of sp³-hybridized carbons (Fsp3) is 0.242. The third-order valence-electron chi connectivity index (χ3n) is 6.94. The molecule has 0 unspecified atom stereocenters. The Morgan fingerprint density at radius 2 is 1.62 bits per heavy atom. The zero-order chi connectivity index (χ0) is 32.5. The quantitative estimate of drug-likeness (QED) is 0.187. The number of allylic oxidation sites excluding steroid dienone is 1. The summed E-state index contributed by atoms with van der Waals surface area (Å²) in [5, 5.41) is 4.91. The Balaban J connectivity index is 1.38. The average Bonchev–Trinajstić information content (AvgIpc) is 3.59. The fourth-order valence-corrected chi connectivity index (χ4v) is 4.58. The third kappa shape index (κ3) is 7.85. The smallest absolute Gasteiger partial charge is 0.340 e. The van der Waals surface area contributed by atoms with Crippen LogP contribution in [0.15, 0.2) is 81.9 Å². The maximum absolute atomic E-state index is 13.4. The van der Waals surface area contributed by atoms with Gasteiger partial charge in [0.05, 0.1) is 44.1 Å². The molecule has 12 nitrogen and oxygen atoms in total. The van der Waals surface area contributed by atoms with Crippen molar-refractivity contribution in [3.63, 3.8) is 0 Å². The van der Waals surface area contributed by atoms with Crippen molar-refractivity contribution >= 4 is 41.4 Å². The van der Waals surface area contributed by atoms with E-state index in [0.29, 0.717) is 35.7 Å². The second-order valence-electron chi connectivity index (χ2n) is 9.80. The van der Waals surface area contributed by atoms with Gasteiger partial charge in [0.15, 0.2) is 0 Å². The summed E-state index contributed by atoms with van der Waals surface area (Å²) in [4.78, 5) is 64.1. The van der Waals surface area contributed by atoms with E-state index in [1.54, 1.807) is 33.1 Å². The Kier molecular flexibility index (Phi) is 10.5. The molecule has 12 heteroatoms. The van der Waals surface area contributed by atoms with Crippen LogP contribution in [0.1, 0.15) is 41.3 Å². The Morgan fingerprint density at radius 3 is 2.27 bits per heavy atom. The van der Waals surface area contributed by atoms with E-state index < -0.39 is 23.8 Å². The lowest BCUT2D eigenvalue weighted by molar-refractivity contribution is -0.136. The number of carbonyl (C=O) groups is 5. The number of carbonyl (C=O) groups excluding carboxylic acids is 5. The Bertz CT molecular complexity index is 1650. The van der Waals surface area contributed by atoms with Crippen LogP contribution < -0.4 is 15.4 Å². The lowest BCUT2D eigenvalue weighted by Crippen LogP contribution is -2.34. The zero-order valence-corrected chi connectivity index (χ0v) is 25.3. The second kappa shape index (κ2) is 14.7. The molecule has 0 radical (unpaired) electrons. The molecule has 0 fully saturated rings. The van der Waals surface area contributed by atoms with E-state index in [4.69, 9.17) is 18.6 Å². The van der Waals surface area contributed by atoms with Gasteiger partial charge in [-0.25, -0.2) is 9.59 Å². The Hall–Kier alpha value is -5.65. The first-order valence-corrected chi connectivity index (χ1v) is 14.1. The van der Waals surface area contributed by atoms with Crippen molar-refractivity contribution < 1.29 is 42.6 Å². The molecule has 1 aliphatic heterocycles. The van der Waals surface area contributed by atoms with E-state index in [1.807, 2.05) is 24.3 Å². The highest BCUT2D eigenvalue weighted by Crippen LogP contribution is 2.32. The molecule has 2 N–H and O–H groups in total. The number of hydrogen-bond acceptors (Lipinski definition) is 9. The molecule has 4 rings (SSSR count). The van der Waals surface area contributed by atoms with Crippen LogP contribution >= 0.6 is 0 Å². The van der Waals surface area contributed by atoms with Crippen molar-refractivity contribution in [2.45, 2.75) is 26.8 Å². The molecular formula is C33H33N3O9. The number of amides is 3. The summed E-state index contributed by atoms with van der Waals surface area (Å²) in [7, 11) is 2.83. The SMILES string of the molecule is CCOC(=O)c1ccc(NC(=O)C(=O)NCc2ccc(/C=C3/C(=O)N(CCc4ccc(OC)cc4)C(C)=C3C(=O)OC)o2)cc1. The van der Waals surface area contributed by atoms with Gasteiger partial charge >= 0.3 is 23.8 Å². The first-order chi connectivity index (χ1) is 21.6. The molecule has 3 amide bonds. The van der Waals surface area contributed by atoms with Crippen molar-refractivity contribution in [1.82, 2.24) is 10.2 Å². The van der Waals surface area contributed by atoms with Gasteiger partial charge in [-0.15, -0.1) is 0 Å². The number of rotatable bonds is 11. The number of benzene rings is 2. The van der Waals surface area contributed by atoms with Gasteiger partial charge in [-0.05, 0) is 80.4 Å². The maximum atomic E-state index is 13.4. The van der Waals surface area contributed by atoms with Crippen LogP contribution in [0.4, 0.5) is 5.69 Å². The predicted molar refractivity (Wildman–Crippen MR) is 163 cm³/mol. The predicted octanol–water partition coefficient (Wildman–Crippen LogP) is 3.64. The first-order valence-electron chi connectivity index (χ1n) is 14.1. The number of hydrogen-bond donors (Lipinski definition) is 2. The van der Waals surface area contributed by atoms with Gasteiger partial charge in [-0.2, -0.15) is 0 Å². The number of ether oxygens (including phenoxy) is 3. The van der Waals surface area contributed by atoms with Crippen molar-refractivity contribution in [3.8, 4) is 5.75 Å². The minimum absolute atomic E-state index is 0.113. The van der Waals surface area contributed by atoms with Crippen molar-refractivity contribution in [3.05, 3.63) is 100 Å². The largest absolute Gasteiger partial charge is 0.497 e. The fourth-order valence-electron chi connectivity index (χ4n) is 4.58. The van der Waals surface area contributed by atoms with E-state index in [9.17, 15) is 24.0 Å². The van der Waals surface area contributed by atoms with Gasteiger partial charge in [0, 0.05) is 17.9 Å². The van der Waals surface area contributed by atoms with Crippen LogP contribution in [-0.2, 0) is 41.6 Å². The molecule has 2 aromatic carbocycles. The third-order valence-corrected chi connectivity index (χ3v) is 6.94. The summed E-state index contributed by atoms with van der Waals surface area (Å²) in [5.41, 5.74) is 2.34. The lowest BCUT2D eigenvalue weighted by atomic mass is 10.1. The van der Waals surface area contributed by atoms with Crippen LogP contribution in [0.25, 0.3) is 6.08 Å². The molecule has 3 aromatic rings. The molecule has 0 atom stereocenters. The Labute approximate surface area is 259 Å². The number of esters is 2. The number of furan rings is 1. The normalized spacial score (nSPS) is 13.6. The highest BCUT2D eigenvalue weighted by Gasteiger charge is 2.37. The van der Waals surface area contributed by atoms with Crippen LogP contribution in [-0.4, -0.2) is 61.9 Å². The van der Waals surface area contributed by atoms with Gasteiger partial charge in [0.2, 0.25) is 0 Å². The minimum Gasteiger partial charge on any atom is -0.497 e. The van der Waals surface area contributed by atoms with E-state index >= 15 is 0 Å². The summed E-state index contributed by atoms with van der Waals surface area (Å²) >= 11 is 0. The van der Waals surface area contributed by atoms with E-state index in [1.165, 1.54) is 42.4 Å². The van der Waals surface area contributed by atoms with E-state index in [2.05, 4.69) is 10.6 Å². The molecule has 0 aliphatic carbocycles. The van der Waals surface area contributed by atoms with Crippen LogP contribution in [0.5, 0.6) is 5.75 Å². The first kappa shape index (κ1) is 32.3. The van der Waals surface area contributed by atoms with E-state index in [0.717, 1.165) is 11.3 Å². The zero-order valence-electron chi connectivity index (χ0n) is 25.3. The van der Waals surface area contributed by atoms with Gasteiger partial charge in [0.1, 0.15) is 17.3 Å². The van der Waals surface area contributed by atoms with Crippen molar-refractivity contribution in [1.29, 1.82) is 0 Å². The van der Waals surface area contributed by atoms with Gasteiger partial charge < -0.3 is 34.2 Å². The van der Waals surface area contributed by atoms with Gasteiger partial charge in [-0.3, -0.25) is 14.4 Å². The molecule has 0 saturated carbocycles. The summed E-state index contributed by atoms with van der Waals surface area (Å²) in [6.07, 6.45) is 2.00. The molecule has 1 aromatic heterocycles. The molecule has 1 aliphatic rings. The highest BCUT2D eigenvalue weighted by atomic mass is 16.5. The van der Waals surface area contributed by atoms with Crippen molar-refractivity contribution in [2.75, 3.05) is 32.7 Å². The minimum atomic E-state index is -0.914. The molecule has 234 valence electrons. The standard InChI is InChI=1S/C33H33N3O9/c1-5-44-32(40)22-8-10-23(11-9-22)35-30(38)29(37)34-19-26-15-14-25(45-26)18-27-28(33(41)43-4)20(2)36(31(27)39)17-16-21-6-12-24(42-3)13-7-21/h6-15,18H,5,16-17,19H2,1-4H3,(H,34,37)(H,35,38)/b27-18+. The monoisotopic (exact) mass is 615 g/mol. The highest BCUT2D eigenvalue weighted by molar-refractivity contribution is 6.39. The summed E-state index contributed by atoms with van der Waals surface area (Å²) in [6, 6.07) is 16.6. The lowest BCUT2D eigenvalue weighted by Gasteiger charge is -2.17. The molecular weight excluding hydrogens is 582 g/mol. The van der Waals surface area contributed by atoms with Gasteiger partial charge in [0.25, 0.3) is 5.91 Å². The molecule has 0 spiro atoms. The number of anilines is 1. The Morgan fingerprint density at radius 1 is 0.911 bits per heavy atom. The van der Waals surface area contributed by atoms with Crippen molar-refractivity contribution in [2.24, 2.45) is 0 Å². The van der Waals surface area contributed by atoms with Crippen LogP contribution in [0, 0.1) is 0 Å². The molecule has 2 heterocycles. The summed E-state index contributed by atoms with van der Waals surface area (Å²) in [6.45, 7) is 3.84. The van der Waals surface area contributed by atoms with E-state index in [-0.39, 0.29) is 36.0 Å². The number of nitrogens with one attached hydrogen (secondary N) is 2. The number of nitrogens with zero attached hydrogens (tertiary/aromatic N) is 1. The molecule has 45 heavy (non-hydrogen) atoms. The molecule has 0 saturated heterocycles. The average molecular weight is 616 g/mol. The maximum Gasteiger partial charge on any atom is 0.340 e. The second-order valence-corrected chi connectivity index (χ2v) is 9.80. The van der Waals surface area contributed by atoms with Crippen LogP contribution in [0.2, 0.25) is 0 Å².